The van der Waals surface area contributed by atoms with Crippen LogP contribution in [0.3, 0.4) is 0 Å². The number of nitrogens with zero attached hydrogens (tertiary/aromatic N) is 5. The number of hydrogen-bond acceptors (Lipinski definition) is 5. The first-order valence-corrected chi connectivity index (χ1v) is 13.3. The first-order chi connectivity index (χ1) is 18.6. The SMILES string of the molecule is C#CCN(C)c1nc2nc(C)c(CC3CCN(Cc4ccccc4)CC3)cc2c(-c2ccccc2)c1C#N. The van der Waals surface area contributed by atoms with E-state index in [1.54, 1.807) is 0 Å². The van der Waals surface area contributed by atoms with Gasteiger partial charge in [0.25, 0.3) is 0 Å². The van der Waals surface area contributed by atoms with Crippen molar-refractivity contribution >= 4 is 16.9 Å². The van der Waals surface area contributed by atoms with E-state index in [1.807, 2.05) is 42.3 Å². The molecule has 0 unspecified atom stereocenters. The Hall–Kier alpha value is -4.19. The lowest BCUT2D eigenvalue weighted by atomic mass is 9.88. The molecule has 1 fully saturated rings. The zero-order valence-electron chi connectivity index (χ0n) is 22.2. The monoisotopic (exact) mass is 499 g/mol. The Morgan fingerprint density at radius 3 is 2.37 bits per heavy atom. The van der Waals surface area contributed by atoms with Crippen LogP contribution in [-0.2, 0) is 13.0 Å². The Bertz CT molecular complexity index is 1490. The summed E-state index contributed by atoms with van der Waals surface area (Å²) in [4.78, 5) is 14.2. The van der Waals surface area contributed by atoms with E-state index in [0.29, 0.717) is 29.5 Å². The molecular formula is C33H33N5. The second-order valence-electron chi connectivity index (χ2n) is 10.2. The van der Waals surface area contributed by atoms with E-state index in [1.165, 1.54) is 24.0 Å². The highest BCUT2D eigenvalue weighted by Crippen LogP contribution is 2.37. The number of likely N-dealkylation sites (tertiary alicyclic amines) is 1. The smallest absolute Gasteiger partial charge is 0.162 e. The number of anilines is 1. The van der Waals surface area contributed by atoms with Crippen LogP contribution >= 0.6 is 0 Å². The molecule has 5 heteroatoms. The maximum Gasteiger partial charge on any atom is 0.162 e. The van der Waals surface area contributed by atoms with E-state index in [-0.39, 0.29) is 0 Å². The number of fused-ring (bicyclic) bond motifs is 1. The molecular weight excluding hydrogens is 466 g/mol. The summed E-state index contributed by atoms with van der Waals surface area (Å²) < 4.78 is 0. The molecule has 2 aromatic heterocycles. The maximum absolute atomic E-state index is 10.3. The fourth-order valence-corrected chi connectivity index (χ4v) is 5.51. The Balaban J connectivity index is 1.46. The summed E-state index contributed by atoms with van der Waals surface area (Å²) in [5.41, 5.74) is 6.67. The molecule has 5 nitrogen and oxygen atoms in total. The number of terminal acetylenes is 1. The lowest BCUT2D eigenvalue weighted by Crippen LogP contribution is -2.33. The molecule has 0 N–H and O–H groups in total. The molecule has 3 heterocycles. The number of aromatic nitrogens is 2. The van der Waals surface area contributed by atoms with Gasteiger partial charge in [-0.25, -0.2) is 9.97 Å². The molecule has 0 amide bonds. The van der Waals surface area contributed by atoms with Crippen LogP contribution in [0.5, 0.6) is 0 Å². The molecule has 0 spiro atoms. The molecule has 190 valence electrons. The van der Waals surface area contributed by atoms with E-state index < -0.39 is 0 Å². The summed E-state index contributed by atoms with van der Waals surface area (Å²) in [5, 5.41) is 11.2. The van der Waals surface area contributed by atoms with Crippen molar-refractivity contribution in [3.05, 3.63) is 89.1 Å². The van der Waals surface area contributed by atoms with Crippen molar-refractivity contribution < 1.29 is 0 Å². The average Bonchev–Trinajstić information content (AvgIpc) is 2.94. The zero-order valence-corrected chi connectivity index (χ0v) is 22.2. The third-order valence-electron chi connectivity index (χ3n) is 7.58. The number of aryl methyl sites for hydroxylation is 1. The topological polar surface area (TPSA) is 56.1 Å². The van der Waals surface area contributed by atoms with Gasteiger partial charge in [-0.3, -0.25) is 4.90 Å². The number of rotatable bonds is 7. The minimum absolute atomic E-state index is 0.363. The van der Waals surface area contributed by atoms with Crippen molar-refractivity contribution in [1.82, 2.24) is 14.9 Å². The van der Waals surface area contributed by atoms with Crippen LogP contribution < -0.4 is 4.90 Å². The molecule has 5 rings (SSSR count). The van der Waals surface area contributed by atoms with Crippen molar-refractivity contribution in [2.24, 2.45) is 5.92 Å². The van der Waals surface area contributed by atoms with Gasteiger partial charge < -0.3 is 4.90 Å². The van der Waals surface area contributed by atoms with E-state index >= 15 is 0 Å². The van der Waals surface area contributed by atoms with Gasteiger partial charge in [0.15, 0.2) is 5.65 Å². The highest BCUT2D eigenvalue weighted by molar-refractivity contribution is 5.99. The predicted molar refractivity (Wildman–Crippen MR) is 155 cm³/mol. The average molecular weight is 500 g/mol. The van der Waals surface area contributed by atoms with Crippen molar-refractivity contribution in [3.8, 4) is 29.5 Å². The van der Waals surface area contributed by atoms with Crippen LogP contribution in [0.25, 0.3) is 22.2 Å². The predicted octanol–water partition coefficient (Wildman–Crippen LogP) is 6.00. The lowest BCUT2D eigenvalue weighted by Gasteiger charge is -2.32. The molecule has 0 radical (unpaired) electrons. The molecule has 38 heavy (non-hydrogen) atoms. The van der Waals surface area contributed by atoms with Gasteiger partial charge in [0.1, 0.15) is 17.5 Å². The Morgan fingerprint density at radius 1 is 1.03 bits per heavy atom. The quantitative estimate of drug-likeness (QED) is 0.292. The second-order valence-corrected chi connectivity index (χ2v) is 10.2. The third-order valence-corrected chi connectivity index (χ3v) is 7.58. The van der Waals surface area contributed by atoms with Crippen molar-refractivity contribution in [2.75, 3.05) is 31.6 Å². The summed E-state index contributed by atoms with van der Waals surface area (Å²) >= 11 is 0. The van der Waals surface area contributed by atoms with Crippen molar-refractivity contribution in [3.63, 3.8) is 0 Å². The minimum atomic E-state index is 0.363. The third kappa shape index (κ3) is 5.40. The van der Waals surface area contributed by atoms with E-state index in [0.717, 1.165) is 48.3 Å². The molecule has 0 bridgehead atoms. The van der Waals surface area contributed by atoms with Gasteiger partial charge in [-0.2, -0.15) is 5.26 Å². The molecule has 1 aliphatic heterocycles. The molecule has 0 aliphatic carbocycles. The summed E-state index contributed by atoms with van der Waals surface area (Å²) in [5.74, 6) is 3.85. The summed E-state index contributed by atoms with van der Waals surface area (Å²) in [7, 11) is 1.87. The van der Waals surface area contributed by atoms with Gasteiger partial charge in [-0.15, -0.1) is 6.42 Å². The van der Waals surface area contributed by atoms with Gasteiger partial charge in [0.05, 0.1) is 6.54 Å². The minimum Gasteiger partial charge on any atom is -0.347 e. The molecule has 1 saturated heterocycles. The van der Waals surface area contributed by atoms with E-state index in [4.69, 9.17) is 16.4 Å². The van der Waals surface area contributed by atoms with Crippen LogP contribution in [-0.4, -0.2) is 41.5 Å². The van der Waals surface area contributed by atoms with Gasteiger partial charge in [0.2, 0.25) is 0 Å². The Morgan fingerprint density at radius 2 is 1.71 bits per heavy atom. The summed E-state index contributed by atoms with van der Waals surface area (Å²) in [6, 6.07) is 25.5. The first-order valence-electron chi connectivity index (χ1n) is 13.3. The Kier molecular flexibility index (Phi) is 7.68. The van der Waals surface area contributed by atoms with Crippen LogP contribution in [0.1, 0.15) is 35.2 Å². The highest BCUT2D eigenvalue weighted by atomic mass is 15.2. The number of hydrogen-bond donors (Lipinski definition) is 0. The van der Waals surface area contributed by atoms with Gasteiger partial charge >= 0.3 is 0 Å². The number of piperidine rings is 1. The largest absolute Gasteiger partial charge is 0.347 e. The first kappa shape index (κ1) is 25.5. The van der Waals surface area contributed by atoms with Gasteiger partial charge in [0, 0.05) is 30.2 Å². The maximum atomic E-state index is 10.3. The molecule has 1 aliphatic rings. The fourth-order valence-electron chi connectivity index (χ4n) is 5.51. The van der Waals surface area contributed by atoms with Crippen LogP contribution in [0.15, 0.2) is 66.7 Å². The molecule has 4 aromatic rings. The van der Waals surface area contributed by atoms with Gasteiger partial charge in [-0.1, -0.05) is 66.6 Å². The van der Waals surface area contributed by atoms with E-state index in [9.17, 15) is 5.26 Å². The standard InChI is InChI=1S/C33H33N5/c1-4-17-37(3)33-30(22-34)31(27-13-9-6-10-14-27)29-21-28(24(2)35-32(29)36-33)20-25-15-18-38(19-16-25)23-26-11-7-5-8-12-26/h1,5-14,21,25H,15-20,23H2,2-3H3. The summed E-state index contributed by atoms with van der Waals surface area (Å²) in [6.07, 6.45) is 8.92. The molecule has 0 saturated carbocycles. The van der Waals surface area contributed by atoms with Crippen LogP contribution in [0.2, 0.25) is 0 Å². The Labute approximate surface area is 225 Å². The lowest BCUT2D eigenvalue weighted by molar-refractivity contribution is 0.177. The van der Waals surface area contributed by atoms with Crippen molar-refractivity contribution in [2.45, 2.75) is 32.7 Å². The highest BCUT2D eigenvalue weighted by Gasteiger charge is 2.23. The zero-order chi connectivity index (χ0) is 26.5. The van der Waals surface area contributed by atoms with Gasteiger partial charge in [-0.05, 0) is 68.0 Å². The van der Waals surface area contributed by atoms with Crippen LogP contribution in [0.4, 0.5) is 5.82 Å². The van der Waals surface area contributed by atoms with Crippen molar-refractivity contribution in [1.29, 1.82) is 5.26 Å². The number of benzene rings is 2. The van der Waals surface area contributed by atoms with Crippen LogP contribution in [0, 0.1) is 36.5 Å². The molecule has 2 aromatic carbocycles. The number of pyridine rings is 2. The summed E-state index contributed by atoms with van der Waals surface area (Å²) in [6.45, 7) is 5.68. The fraction of sp³-hybridized carbons (Fsp3) is 0.303. The normalized spacial score (nSPS) is 14.2. The molecule has 0 atom stereocenters. The van der Waals surface area contributed by atoms with E-state index in [2.05, 4.69) is 60.2 Å². The number of nitriles is 1. The second kappa shape index (κ2) is 11.5.